The van der Waals surface area contributed by atoms with Gasteiger partial charge in [-0.1, -0.05) is 11.8 Å². The summed E-state index contributed by atoms with van der Waals surface area (Å²) in [6.45, 7) is 2.54. The van der Waals surface area contributed by atoms with Gasteiger partial charge in [0.2, 0.25) is 5.91 Å². The van der Waals surface area contributed by atoms with Gasteiger partial charge in [0.25, 0.3) is 0 Å². The molecule has 0 unspecified atom stereocenters. The van der Waals surface area contributed by atoms with Crippen molar-refractivity contribution in [3.63, 3.8) is 0 Å². The standard InChI is InChI=1S/C18H19N5O2S/c1-3-25-15-8-6-14(7-9-15)20-16(24)12-26-18-22-21-17(23(18)2)13-5-4-10-19-11-13/h4-11H,3,12H2,1-2H3,(H,20,24). The number of amides is 1. The predicted molar refractivity (Wildman–Crippen MR) is 101 cm³/mol. The zero-order valence-electron chi connectivity index (χ0n) is 14.5. The average molecular weight is 369 g/mol. The van der Waals surface area contributed by atoms with Gasteiger partial charge in [-0.05, 0) is 43.3 Å². The lowest BCUT2D eigenvalue weighted by atomic mass is 10.3. The third kappa shape index (κ3) is 4.40. The molecule has 2 aromatic heterocycles. The van der Waals surface area contributed by atoms with Crippen molar-refractivity contribution < 1.29 is 9.53 Å². The van der Waals surface area contributed by atoms with Gasteiger partial charge in [0.05, 0.1) is 12.4 Å². The second-order valence-electron chi connectivity index (χ2n) is 5.40. The molecule has 1 N–H and O–H groups in total. The summed E-state index contributed by atoms with van der Waals surface area (Å²) in [5, 5.41) is 11.9. The Morgan fingerprint density at radius 2 is 2.04 bits per heavy atom. The lowest BCUT2D eigenvalue weighted by Gasteiger charge is -2.07. The number of hydrogen-bond acceptors (Lipinski definition) is 6. The number of nitrogens with one attached hydrogen (secondary N) is 1. The molecule has 3 aromatic rings. The van der Waals surface area contributed by atoms with E-state index in [9.17, 15) is 4.79 Å². The van der Waals surface area contributed by atoms with E-state index in [0.29, 0.717) is 17.6 Å². The summed E-state index contributed by atoms with van der Waals surface area (Å²) < 4.78 is 7.24. The quantitative estimate of drug-likeness (QED) is 0.645. The molecule has 1 aromatic carbocycles. The molecule has 2 heterocycles. The Hall–Kier alpha value is -2.87. The summed E-state index contributed by atoms with van der Waals surface area (Å²) in [6.07, 6.45) is 3.44. The second-order valence-corrected chi connectivity index (χ2v) is 6.34. The van der Waals surface area contributed by atoms with Crippen molar-refractivity contribution in [1.29, 1.82) is 0 Å². The fourth-order valence-corrected chi connectivity index (χ4v) is 3.03. The smallest absolute Gasteiger partial charge is 0.234 e. The Kier molecular flexibility index (Phi) is 5.85. The third-order valence-corrected chi connectivity index (χ3v) is 4.56. The number of anilines is 1. The number of ether oxygens (including phenoxy) is 1. The molecule has 0 fully saturated rings. The molecule has 0 saturated carbocycles. The van der Waals surface area contributed by atoms with Crippen molar-refractivity contribution in [3.05, 3.63) is 48.8 Å². The van der Waals surface area contributed by atoms with E-state index in [0.717, 1.165) is 17.0 Å². The first-order valence-electron chi connectivity index (χ1n) is 8.12. The van der Waals surface area contributed by atoms with Gasteiger partial charge in [-0.25, -0.2) is 0 Å². The number of benzene rings is 1. The molecule has 0 saturated heterocycles. The number of aromatic nitrogens is 4. The molecule has 0 atom stereocenters. The van der Waals surface area contributed by atoms with Gasteiger partial charge in [-0.15, -0.1) is 10.2 Å². The number of carbonyl (C=O) groups is 1. The summed E-state index contributed by atoms with van der Waals surface area (Å²) >= 11 is 1.33. The fourth-order valence-electron chi connectivity index (χ4n) is 2.32. The molecule has 0 aliphatic heterocycles. The first kappa shape index (κ1) is 17.9. The third-order valence-electron chi connectivity index (χ3n) is 3.54. The van der Waals surface area contributed by atoms with Crippen molar-refractivity contribution in [2.45, 2.75) is 12.1 Å². The molecule has 0 bridgehead atoms. The van der Waals surface area contributed by atoms with Crippen LogP contribution in [0.1, 0.15) is 6.92 Å². The van der Waals surface area contributed by atoms with Crippen LogP contribution in [0, 0.1) is 0 Å². The highest BCUT2D eigenvalue weighted by Crippen LogP contribution is 2.22. The SMILES string of the molecule is CCOc1ccc(NC(=O)CSc2nnc(-c3cccnc3)n2C)cc1. The number of carbonyl (C=O) groups excluding carboxylic acids is 1. The molecule has 134 valence electrons. The van der Waals surface area contributed by atoms with Crippen LogP contribution in [0.4, 0.5) is 5.69 Å². The number of nitrogens with zero attached hydrogens (tertiary/aromatic N) is 4. The van der Waals surface area contributed by atoms with Gasteiger partial charge in [0, 0.05) is 30.7 Å². The molecular weight excluding hydrogens is 350 g/mol. The Labute approximate surface area is 155 Å². The lowest BCUT2D eigenvalue weighted by molar-refractivity contribution is -0.113. The predicted octanol–water partition coefficient (Wildman–Crippen LogP) is 3.01. The number of hydrogen-bond donors (Lipinski definition) is 1. The first-order valence-corrected chi connectivity index (χ1v) is 9.11. The van der Waals surface area contributed by atoms with E-state index in [1.54, 1.807) is 12.4 Å². The van der Waals surface area contributed by atoms with E-state index < -0.39 is 0 Å². The van der Waals surface area contributed by atoms with Crippen LogP contribution in [0.25, 0.3) is 11.4 Å². The lowest BCUT2D eigenvalue weighted by Crippen LogP contribution is -2.14. The fraction of sp³-hybridized carbons (Fsp3) is 0.222. The molecule has 1 amide bonds. The highest BCUT2D eigenvalue weighted by molar-refractivity contribution is 7.99. The Balaban J connectivity index is 1.57. The van der Waals surface area contributed by atoms with Gasteiger partial charge in [0.1, 0.15) is 5.75 Å². The molecule has 7 nitrogen and oxygen atoms in total. The van der Waals surface area contributed by atoms with E-state index in [4.69, 9.17) is 4.74 Å². The van der Waals surface area contributed by atoms with Crippen LogP contribution < -0.4 is 10.1 Å². The molecule has 0 radical (unpaired) electrons. The van der Waals surface area contributed by atoms with Crippen LogP contribution in [0.2, 0.25) is 0 Å². The number of rotatable bonds is 7. The number of thioether (sulfide) groups is 1. The summed E-state index contributed by atoms with van der Waals surface area (Å²) in [7, 11) is 1.87. The Bertz CT molecular complexity index is 865. The Morgan fingerprint density at radius 3 is 2.73 bits per heavy atom. The van der Waals surface area contributed by atoms with Crippen molar-refractivity contribution >= 4 is 23.4 Å². The summed E-state index contributed by atoms with van der Waals surface area (Å²) in [6, 6.07) is 11.1. The first-order chi connectivity index (χ1) is 12.7. The van der Waals surface area contributed by atoms with Gasteiger partial charge in [-0.3, -0.25) is 9.78 Å². The largest absolute Gasteiger partial charge is 0.494 e. The molecule has 0 aliphatic rings. The van der Waals surface area contributed by atoms with Crippen LogP contribution in [0.3, 0.4) is 0 Å². The van der Waals surface area contributed by atoms with Crippen LogP contribution in [-0.4, -0.2) is 38.0 Å². The zero-order chi connectivity index (χ0) is 18.4. The highest BCUT2D eigenvalue weighted by Gasteiger charge is 2.13. The van der Waals surface area contributed by atoms with Crippen molar-refractivity contribution in [2.75, 3.05) is 17.7 Å². The van der Waals surface area contributed by atoms with Gasteiger partial charge < -0.3 is 14.6 Å². The van der Waals surface area contributed by atoms with Crippen LogP contribution >= 0.6 is 11.8 Å². The van der Waals surface area contributed by atoms with Crippen LogP contribution in [0.5, 0.6) is 5.75 Å². The van der Waals surface area contributed by atoms with Crippen molar-refractivity contribution in [3.8, 4) is 17.1 Å². The van der Waals surface area contributed by atoms with E-state index in [1.165, 1.54) is 11.8 Å². The maximum absolute atomic E-state index is 12.2. The highest BCUT2D eigenvalue weighted by atomic mass is 32.2. The number of pyridine rings is 1. The normalized spacial score (nSPS) is 10.5. The molecule has 8 heteroatoms. The molecular formula is C18H19N5O2S. The maximum atomic E-state index is 12.2. The van der Waals surface area contributed by atoms with Crippen molar-refractivity contribution in [2.24, 2.45) is 7.05 Å². The molecule has 26 heavy (non-hydrogen) atoms. The summed E-state index contributed by atoms with van der Waals surface area (Å²) in [5.41, 5.74) is 1.61. The Morgan fingerprint density at radius 1 is 1.23 bits per heavy atom. The second kappa shape index (κ2) is 8.48. The summed E-state index contributed by atoms with van der Waals surface area (Å²) in [5.74, 6) is 1.63. The van der Waals surface area contributed by atoms with Crippen LogP contribution in [0.15, 0.2) is 53.9 Å². The summed E-state index contributed by atoms with van der Waals surface area (Å²) in [4.78, 5) is 16.2. The maximum Gasteiger partial charge on any atom is 0.234 e. The minimum absolute atomic E-state index is 0.106. The molecule has 3 rings (SSSR count). The minimum Gasteiger partial charge on any atom is -0.494 e. The zero-order valence-corrected chi connectivity index (χ0v) is 15.4. The van der Waals surface area contributed by atoms with Crippen LogP contribution in [-0.2, 0) is 11.8 Å². The minimum atomic E-state index is -0.106. The average Bonchev–Trinajstić information content (AvgIpc) is 3.03. The van der Waals surface area contributed by atoms with Gasteiger partial charge >= 0.3 is 0 Å². The van der Waals surface area contributed by atoms with E-state index in [-0.39, 0.29) is 11.7 Å². The topological polar surface area (TPSA) is 81.9 Å². The van der Waals surface area contributed by atoms with E-state index in [2.05, 4.69) is 20.5 Å². The monoisotopic (exact) mass is 369 g/mol. The van der Waals surface area contributed by atoms with Gasteiger partial charge in [0.15, 0.2) is 11.0 Å². The van der Waals surface area contributed by atoms with E-state index in [1.807, 2.05) is 54.9 Å². The molecule has 0 spiro atoms. The van der Waals surface area contributed by atoms with E-state index >= 15 is 0 Å². The molecule has 0 aliphatic carbocycles. The van der Waals surface area contributed by atoms with Gasteiger partial charge in [-0.2, -0.15) is 0 Å². The van der Waals surface area contributed by atoms with Crippen molar-refractivity contribution in [1.82, 2.24) is 19.7 Å².